The molecule has 0 fully saturated rings. The zero-order chi connectivity index (χ0) is 18.5. The molecule has 0 saturated heterocycles. The van der Waals surface area contributed by atoms with Gasteiger partial charge < -0.3 is 19.9 Å². The summed E-state index contributed by atoms with van der Waals surface area (Å²) in [5, 5.41) is 0. The molecule has 1 aromatic rings. The van der Waals surface area contributed by atoms with E-state index in [4.69, 9.17) is 19.9 Å². The summed E-state index contributed by atoms with van der Waals surface area (Å²) in [5.41, 5.74) is 3.98. The normalized spacial score (nSPS) is 13.8. The van der Waals surface area contributed by atoms with Crippen molar-refractivity contribution in [2.24, 2.45) is 5.73 Å². The lowest BCUT2D eigenvalue weighted by molar-refractivity contribution is -0.163. The van der Waals surface area contributed by atoms with Gasteiger partial charge in [-0.1, -0.05) is 6.07 Å². The third kappa shape index (κ3) is 4.06. The fourth-order valence-corrected chi connectivity index (χ4v) is 2.39. The molecule has 1 atom stereocenters. The van der Waals surface area contributed by atoms with E-state index in [0.29, 0.717) is 23.7 Å². The third-order valence-corrected chi connectivity index (χ3v) is 3.61. The predicted molar refractivity (Wildman–Crippen MR) is 91.4 cm³/mol. The van der Waals surface area contributed by atoms with Crippen molar-refractivity contribution in [3.63, 3.8) is 0 Å². The van der Waals surface area contributed by atoms with Crippen molar-refractivity contribution in [2.45, 2.75) is 45.6 Å². The van der Waals surface area contributed by atoms with Gasteiger partial charge in [0.1, 0.15) is 5.60 Å². The van der Waals surface area contributed by atoms with E-state index in [-0.39, 0.29) is 12.3 Å². The van der Waals surface area contributed by atoms with Crippen molar-refractivity contribution < 1.29 is 23.8 Å². The number of rotatable bonds is 7. The highest BCUT2D eigenvalue weighted by Crippen LogP contribution is 2.35. The second-order valence-electron chi connectivity index (χ2n) is 6.47. The molecule has 1 aromatic carbocycles. The molecule has 1 rings (SSSR count). The summed E-state index contributed by atoms with van der Waals surface area (Å²) in [4.78, 5) is 25.2. The Morgan fingerprint density at radius 1 is 1.17 bits per heavy atom. The molecule has 134 valence electrons. The average Bonchev–Trinajstić information content (AvgIpc) is 2.47. The van der Waals surface area contributed by atoms with Crippen LogP contribution in [0.3, 0.4) is 0 Å². The van der Waals surface area contributed by atoms with Gasteiger partial charge in [-0.3, -0.25) is 9.59 Å². The number of hydrogen-bond donors (Lipinski definition) is 1. The van der Waals surface area contributed by atoms with E-state index >= 15 is 0 Å². The van der Waals surface area contributed by atoms with Crippen molar-refractivity contribution in [1.82, 2.24) is 0 Å². The number of benzene rings is 1. The van der Waals surface area contributed by atoms with Crippen LogP contribution in [0.25, 0.3) is 0 Å². The van der Waals surface area contributed by atoms with Crippen LogP contribution in [0.5, 0.6) is 11.5 Å². The summed E-state index contributed by atoms with van der Waals surface area (Å²) in [6, 6.07) is 4.90. The monoisotopic (exact) mass is 337 g/mol. The van der Waals surface area contributed by atoms with Crippen LogP contribution < -0.4 is 15.2 Å². The Morgan fingerprint density at radius 2 is 1.79 bits per heavy atom. The van der Waals surface area contributed by atoms with Gasteiger partial charge in [-0.15, -0.1) is 0 Å². The minimum atomic E-state index is -1.58. The fourth-order valence-electron chi connectivity index (χ4n) is 2.39. The highest BCUT2D eigenvalue weighted by atomic mass is 16.6. The lowest BCUT2D eigenvalue weighted by atomic mass is 9.77. The molecule has 2 N–H and O–H groups in total. The Labute approximate surface area is 143 Å². The number of ketones is 1. The number of methoxy groups -OCH3 is 1. The van der Waals surface area contributed by atoms with Gasteiger partial charge >= 0.3 is 5.97 Å². The summed E-state index contributed by atoms with van der Waals surface area (Å²) < 4.78 is 16.2. The second kappa shape index (κ2) is 7.66. The van der Waals surface area contributed by atoms with Crippen LogP contribution in [0, 0.1) is 0 Å². The largest absolute Gasteiger partial charge is 0.493 e. The number of ether oxygens (including phenoxy) is 3. The highest BCUT2D eigenvalue weighted by Gasteiger charge is 2.47. The summed E-state index contributed by atoms with van der Waals surface area (Å²) in [6.07, 6.45) is 0. The van der Waals surface area contributed by atoms with E-state index in [1.54, 1.807) is 39.0 Å². The summed E-state index contributed by atoms with van der Waals surface area (Å²) in [7, 11) is 1.52. The SMILES string of the molecule is CCOc1cc(C(CN)(C(C)=O)C(=O)OC(C)(C)C)ccc1OC. The second-order valence-corrected chi connectivity index (χ2v) is 6.47. The molecule has 0 saturated carbocycles. The molecule has 0 heterocycles. The summed E-state index contributed by atoms with van der Waals surface area (Å²) in [6.45, 7) is 8.61. The smallest absolute Gasteiger partial charge is 0.326 e. The molecule has 0 spiro atoms. The first-order valence-corrected chi connectivity index (χ1v) is 7.88. The van der Waals surface area contributed by atoms with Gasteiger partial charge in [-0.05, 0) is 52.3 Å². The molecule has 0 aliphatic rings. The van der Waals surface area contributed by atoms with E-state index in [1.807, 2.05) is 6.92 Å². The first-order chi connectivity index (χ1) is 11.1. The van der Waals surface area contributed by atoms with Crippen LogP contribution in [0.4, 0.5) is 0 Å². The molecule has 0 aromatic heterocycles. The van der Waals surface area contributed by atoms with Crippen molar-refractivity contribution in [2.75, 3.05) is 20.3 Å². The van der Waals surface area contributed by atoms with E-state index in [9.17, 15) is 9.59 Å². The van der Waals surface area contributed by atoms with E-state index < -0.39 is 17.0 Å². The van der Waals surface area contributed by atoms with Crippen molar-refractivity contribution in [3.8, 4) is 11.5 Å². The number of esters is 1. The summed E-state index contributed by atoms with van der Waals surface area (Å²) >= 11 is 0. The number of carbonyl (C=O) groups excluding carboxylic acids is 2. The highest BCUT2D eigenvalue weighted by molar-refractivity contribution is 6.09. The van der Waals surface area contributed by atoms with E-state index in [2.05, 4.69) is 0 Å². The quantitative estimate of drug-likeness (QED) is 0.606. The lowest BCUT2D eigenvalue weighted by Gasteiger charge is -2.32. The summed E-state index contributed by atoms with van der Waals surface area (Å²) in [5.74, 6) is -0.0936. The fraction of sp³-hybridized carbons (Fsp3) is 0.556. The van der Waals surface area contributed by atoms with Gasteiger partial charge in [-0.25, -0.2) is 0 Å². The average molecular weight is 337 g/mol. The minimum absolute atomic E-state index is 0.199. The zero-order valence-electron chi connectivity index (χ0n) is 15.3. The van der Waals surface area contributed by atoms with Crippen molar-refractivity contribution in [3.05, 3.63) is 23.8 Å². The molecule has 6 nitrogen and oxygen atoms in total. The standard InChI is InChI=1S/C18H27NO5/c1-7-23-15-10-13(8-9-14(15)22-6)18(11-19,12(2)20)16(21)24-17(3,4)5/h8-10H,7,11,19H2,1-6H3. The molecule has 0 bridgehead atoms. The van der Waals surface area contributed by atoms with Gasteiger partial charge in [0.25, 0.3) is 0 Å². The Kier molecular flexibility index (Phi) is 6.37. The molecule has 0 amide bonds. The van der Waals surface area contributed by atoms with Crippen LogP contribution in [0.1, 0.15) is 40.2 Å². The minimum Gasteiger partial charge on any atom is -0.493 e. The Balaban J connectivity index is 3.48. The zero-order valence-corrected chi connectivity index (χ0v) is 15.3. The van der Waals surface area contributed by atoms with Gasteiger partial charge in [0.15, 0.2) is 22.7 Å². The maximum absolute atomic E-state index is 12.8. The lowest BCUT2D eigenvalue weighted by Crippen LogP contribution is -2.51. The van der Waals surface area contributed by atoms with Gasteiger partial charge in [0.2, 0.25) is 0 Å². The molecule has 0 aliphatic heterocycles. The van der Waals surface area contributed by atoms with E-state index in [0.717, 1.165) is 0 Å². The van der Waals surface area contributed by atoms with Crippen LogP contribution >= 0.6 is 0 Å². The van der Waals surface area contributed by atoms with Gasteiger partial charge in [-0.2, -0.15) is 0 Å². The number of hydrogen-bond acceptors (Lipinski definition) is 6. The number of nitrogens with two attached hydrogens (primary N) is 1. The van der Waals surface area contributed by atoms with Crippen LogP contribution in [-0.4, -0.2) is 37.6 Å². The number of Topliss-reactive ketones (excluding diaryl/α,β-unsaturated/α-hetero) is 1. The first kappa shape index (κ1) is 20.0. The van der Waals surface area contributed by atoms with Gasteiger partial charge in [0, 0.05) is 6.54 Å². The van der Waals surface area contributed by atoms with Crippen LogP contribution in [0.2, 0.25) is 0 Å². The van der Waals surface area contributed by atoms with E-state index in [1.165, 1.54) is 14.0 Å². The van der Waals surface area contributed by atoms with Crippen molar-refractivity contribution in [1.29, 1.82) is 0 Å². The number of carbonyl (C=O) groups is 2. The Bertz CT molecular complexity index is 606. The molecular weight excluding hydrogens is 310 g/mol. The van der Waals surface area contributed by atoms with Gasteiger partial charge in [0.05, 0.1) is 13.7 Å². The molecule has 0 aliphatic carbocycles. The predicted octanol–water partition coefficient (Wildman–Crippen LogP) is 2.22. The molecule has 24 heavy (non-hydrogen) atoms. The van der Waals surface area contributed by atoms with Crippen LogP contribution in [0.15, 0.2) is 18.2 Å². The molecular formula is C18H27NO5. The third-order valence-electron chi connectivity index (χ3n) is 3.61. The Morgan fingerprint density at radius 3 is 2.21 bits per heavy atom. The molecule has 6 heteroatoms. The Hall–Kier alpha value is -2.08. The first-order valence-electron chi connectivity index (χ1n) is 7.88. The molecule has 1 unspecified atom stereocenters. The molecule has 0 radical (unpaired) electrons. The maximum atomic E-state index is 12.8. The maximum Gasteiger partial charge on any atom is 0.326 e. The van der Waals surface area contributed by atoms with Crippen molar-refractivity contribution >= 4 is 11.8 Å². The topological polar surface area (TPSA) is 87.9 Å². The van der Waals surface area contributed by atoms with Crippen LogP contribution in [-0.2, 0) is 19.7 Å².